The quantitative estimate of drug-likeness (QED) is 0.758. The van der Waals surface area contributed by atoms with Crippen LogP contribution < -0.4 is 10.6 Å². The molecule has 0 heterocycles. The topological polar surface area (TPSA) is 41.1 Å². The van der Waals surface area contributed by atoms with Gasteiger partial charge in [-0.15, -0.1) is 0 Å². The first kappa shape index (κ1) is 14.4. The van der Waals surface area contributed by atoms with Crippen molar-refractivity contribution < 1.29 is 4.79 Å². The zero-order valence-corrected chi connectivity index (χ0v) is 14.3. The zero-order chi connectivity index (χ0) is 14.1. The number of anilines is 1. The summed E-state index contributed by atoms with van der Waals surface area (Å²) in [5, 5.41) is 6.40. The molecule has 0 radical (unpaired) electrons. The SMILES string of the molecule is O=C(CNc1ccc(Br)cc1Br)NC(C1CC1)C1CC1. The fourth-order valence-electron chi connectivity index (χ4n) is 2.58. The number of amides is 1. The normalized spacial score (nSPS) is 18.1. The van der Waals surface area contributed by atoms with Crippen molar-refractivity contribution in [3.05, 3.63) is 27.1 Å². The van der Waals surface area contributed by atoms with Crippen LogP contribution in [0.2, 0.25) is 0 Å². The maximum atomic E-state index is 12.1. The van der Waals surface area contributed by atoms with Crippen molar-refractivity contribution in [2.24, 2.45) is 11.8 Å². The second-order valence-electron chi connectivity index (χ2n) is 5.75. The molecule has 108 valence electrons. The van der Waals surface area contributed by atoms with Crippen LogP contribution in [0.15, 0.2) is 27.1 Å². The third kappa shape index (κ3) is 3.76. The Labute approximate surface area is 136 Å². The Balaban J connectivity index is 1.51. The van der Waals surface area contributed by atoms with E-state index in [4.69, 9.17) is 0 Å². The van der Waals surface area contributed by atoms with Gasteiger partial charge in [0.05, 0.1) is 6.54 Å². The van der Waals surface area contributed by atoms with E-state index in [-0.39, 0.29) is 5.91 Å². The molecule has 0 bridgehead atoms. The van der Waals surface area contributed by atoms with Gasteiger partial charge in [-0.3, -0.25) is 4.79 Å². The molecular weight excluding hydrogens is 384 g/mol. The molecule has 3 rings (SSSR count). The van der Waals surface area contributed by atoms with E-state index in [9.17, 15) is 4.79 Å². The molecule has 0 aromatic heterocycles. The van der Waals surface area contributed by atoms with E-state index in [2.05, 4.69) is 42.5 Å². The lowest BCUT2D eigenvalue weighted by Crippen LogP contribution is -2.41. The Morgan fingerprint density at radius 1 is 1.20 bits per heavy atom. The molecule has 5 heteroatoms. The first-order valence-electron chi connectivity index (χ1n) is 7.12. The fourth-order valence-corrected chi connectivity index (χ4v) is 3.76. The van der Waals surface area contributed by atoms with Crippen LogP contribution >= 0.6 is 31.9 Å². The maximum Gasteiger partial charge on any atom is 0.239 e. The number of nitrogens with one attached hydrogen (secondary N) is 2. The van der Waals surface area contributed by atoms with Crippen LogP contribution in [0.3, 0.4) is 0 Å². The number of halogens is 2. The van der Waals surface area contributed by atoms with E-state index in [0.717, 1.165) is 26.5 Å². The zero-order valence-electron chi connectivity index (χ0n) is 11.2. The Morgan fingerprint density at radius 2 is 1.85 bits per heavy atom. The lowest BCUT2D eigenvalue weighted by Gasteiger charge is -2.18. The van der Waals surface area contributed by atoms with Crippen molar-refractivity contribution in [2.75, 3.05) is 11.9 Å². The summed E-state index contributed by atoms with van der Waals surface area (Å²) in [5.41, 5.74) is 0.942. The summed E-state index contributed by atoms with van der Waals surface area (Å²) in [5.74, 6) is 1.58. The second-order valence-corrected chi connectivity index (χ2v) is 7.52. The molecule has 2 saturated carbocycles. The minimum atomic E-state index is 0.101. The first-order chi connectivity index (χ1) is 9.63. The van der Waals surface area contributed by atoms with E-state index in [1.54, 1.807) is 0 Å². The number of benzene rings is 1. The predicted molar refractivity (Wildman–Crippen MR) is 87.7 cm³/mol. The van der Waals surface area contributed by atoms with Crippen molar-refractivity contribution in [2.45, 2.75) is 31.7 Å². The standard InChI is InChI=1S/C15H18Br2N2O/c16-11-5-6-13(12(17)7-11)18-8-14(20)19-15(9-1-2-9)10-3-4-10/h5-7,9-10,15,18H,1-4,8H2,(H,19,20). The third-order valence-corrected chi connectivity index (χ3v) is 5.11. The molecule has 2 aliphatic rings. The van der Waals surface area contributed by atoms with Gasteiger partial charge in [-0.2, -0.15) is 0 Å². The molecule has 1 amide bonds. The molecule has 2 N–H and O–H groups in total. The van der Waals surface area contributed by atoms with Crippen molar-refractivity contribution in [3.8, 4) is 0 Å². The minimum absolute atomic E-state index is 0.101. The summed E-state index contributed by atoms with van der Waals surface area (Å²) in [7, 11) is 0. The smallest absolute Gasteiger partial charge is 0.239 e. The van der Waals surface area contributed by atoms with E-state index < -0.39 is 0 Å². The van der Waals surface area contributed by atoms with Crippen LogP contribution in [0, 0.1) is 11.8 Å². The highest BCUT2D eigenvalue weighted by Gasteiger charge is 2.42. The van der Waals surface area contributed by atoms with Gasteiger partial charge in [-0.25, -0.2) is 0 Å². The van der Waals surface area contributed by atoms with E-state index in [0.29, 0.717) is 12.6 Å². The molecule has 1 aromatic carbocycles. The van der Waals surface area contributed by atoms with Gasteiger partial charge in [0.15, 0.2) is 0 Å². The Bertz CT molecular complexity index is 501. The van der Waals surface area contributed by atoms with Gasteiger partial charge in [0, 0.05) is 20.7 Å². The van der Waals surface area contributed by atoms with Crippen molar-refractivity contribution in [3.63, 3.8) is 0 Å². The summed E-state index contributed by atoms with van der Waals surface area (Å²) in [6.45, 7) is 0.330. The largest absolute Gasteiger partial charge is 0.375 e. The van der Waals surface area contributed by atoms with Gasteiger partial charge in [0.25, 0.3) is 0 Å². The molecule has 2 aliphatic carbocycles. The predicted octanol–water partition coefficient (Wildman–Crippen LogP) is 3.93. The summed E-state index contributed by atoms with van der Waals surface area (Å²) < 4.78 is 1.97. The van der Waals surface area contributed by atoms with E-state index >= 15 is 0 Å². The lowest BCUT2D eigenvalue weighted by molar-refractivity contribution is -0.120. The Morgan fingerprint density at radius 3 is 2.40 bits per heavy atom. The van der Waals surface area contributed by atoms with Crippen molar-refractivity contribution >= 4 is 43.5 Å². The molecule has 3 nitrogen and oxygen atoms in total. The first-order valence-corrected chi connectivity index (χ1v) is 8.70. The Kier molecular flexibility index (Phi) is 4.36. The highest BCUT2D eigenvalue weighted by molar-refractivity contribution is 9.11. The summed E-state index contributed by atoms with van der Waals surface area (Å²) in [4.78, 5) is 12.1. The maximum absolute atomic E-state index is 12.1. The number of hydrogen-bond donors (Lipinski definition) is 2. The fraction of sp³-hybridized carbons (Fsp3) is 0.533. The van der Waals surface area contributed by atoms with Crippen LogP contribution in [0.1, 0.15) is 25.7 Å². The van der Waals surface area contributed by atoms with Crippen LogP contribution in [-0.2, 0) is 4.79 Å². The molecule has 20 heavy (non-hydrogen) atoms. The van der Waals surface area contributed by atoms with Gasteiger partial charge in [-0.1, -0.05) is 15.9 Å². The molecule has 0 spiro atoms. The van der Waals surface area contributed by atoms with Gasteiger partial charge in [-0.05, 0) is 71.6 Å². The van der Waals surface area contributed by atoms with Gasteiger partial charge < -0.3 is 10.6 Å². The number of carbonyl (C=O) groups is 1. The van der Waals surface area contributed by atoms with Gasteiger partial charge in [0.1, 0.15) is 0 Å². The monoisotopic (exact) mass is 400 g/mol. The van der Waals surface area contributed by atoms with Gasteiger partial charge in [0.2, 0.25) is 5.91 Å². The summed E-state index contributed by atoms with van der Waals surface area (Å²) >= 11 is 6.91. The number of rotatable bonds is 6. The molecule has 0 aliphatic heterocycles. The van der Waals surface area contributed by atoms with Crippen molar-refractivity contribution in [1.29, 1.82) is 0 Å². The summed E-state index contributed by atoms with van der Waals surface area (Å²) in [6, 6.07) is 6.32. The van der Waals surface area contributed by atoms with Crippen molar-refractivity contribution in [1.82, 2.24) is 5.32 Å². The lowest BCUT2D eigenvalue weighted by atomic mass is 10.1. The van der Waals surface area contributed by atoms with E-state index in [1.807, 2.05) is 18.2 Å². The number of hydrogen-bond acceptors (Lipinski definition) is 2. The van der Waals surface area contributed by atoms with Crippen LogP contribution in [-0.4, -0.2) is 18.5 Å². The molecule has 0 saturated heterocycles. The average Bonchev–Trinajstić information content (AvgIpc) is 3.28. The van der Waals surface area contributed by atoms with Crippen LogP contribution in [0.5, 0.6) is 0 Å². The minimum Gasteiger partial charge on any atom is -0.375 e. The molecular formula is C15H18Br2N2O. The van der Waals surface area contributed by atoms with E-state index in [1.165, 1.54) is 25.7 Å². The van der Waals surface area contributed by atoms with Crippen LogP contribution in [0.25, 0.3) is 0 Å². The Hall–Kier alpha value is -0.550. The molecule has 2 fully saturated rings. The number of carbonyl (C=O) groups excluding carboxylic acids is 1. The second kappa shape index (κ2) is 6.06. The summed E-state index contributed by atoms with van der Waals surface area (Å²) in [6.07, 6.45) is 5.14. The third-order valence-electron chi connectivity index (χ3n) is 3.96. The molecule has 1 aromatic rings. The van der Waals surface area contributed by atoms with Gasteiger partial charge >= 0.3 is 0 Å². The molecule has 0 atom stereocenters. The van der Waals surface area contributed by atoms with Crippen LogP contribution in [0.4, 0.5) is 5.69 Å². The average molecular weight is 402 g/mol. The highest BCUT2D eigenvalue weighted by Crippen LogP contribution is 2.44. The molecule has 0 unspecified atom stereocenters. The highest BCUT2D eigenvalue weighted by atomic mass is 79.9.